The number of rotatable bonds is 5. The van der Waals surface area contributed by atoms with Crippen LogP contribution in [0.2, 0.25) is 0 Å². The first-order chi connectivity index (χ1) is 15.5. The minimum Gasteiger partial charge on any atom is -0.376 e. The van der Waals surface area contributed by atoms with Crippen LogP contribution in [0.15, 0.2) is 54.7 Å². The van der Waals surface area contributed by atoms with Gasteiger partial charge in [0, 0.05) is 36.4 Å². The Balaban J connectivity index is 1.60. The number of aryl methyl sites for hydroxylation is 2. The molecule has 5 rings (SSSR count). The summed E-state index contributed by atoms with van der Waals surface area (Å²) in [6.07, 6.45) is 4.28. The van der Waals surface area contributed by atoms with Gasteiger partial charge in [0.05, 0.1) is 23.9 Å². The van der Waals surface area contributed by atoms with Gasteiger partial charge >= 0.3 is 0 Å². The Morgan fingerprint density at radius 3 is 2.66 bits per heavy atom. The lowest BCUT2D eigenvalue weighted by atomic mass is 9.96. The van der Waals surface area contributed by atoms with E-state index in [2.05, 4.69) is 76.9 Å². The first-order valence-electron chi connectivity index (χ1n) is 11.4. The van der Waals surface area contributed by atoms with Gasteiger partial charge in [-0.2, -0.15) is 0 Å². The average Bonchev–Trinajstić information content (AvgIpc) is 3.49. The summed E-state index contributed by atoms with van der Waals surface area (Å²) in [4.78, 5) is 7.01. The maximum Gasteiger partial charge on any atom is 0.170 e. The largest absolute Gasteiger partial charge is 0.376 e. The number of benzene rings is 1. The fourth-order valence-electron chi connectivity index (χ4n) is 5.22. The maximum atomic E-state index is 5.98. The molecular formula is C26H30N4OS. The van der Waals surface area contributed by atoms with E-state index in [0.717, 1.165) is 36.8 Å². The second kappa shape index (κ2) is 8.68. The number of aromatic nitrogens is 2. The van der Waals surface area contributed by atoms with Gasteiger partial charge < -0.3 is 19.5 Å². The minimum absolute atomic E-state index is 0.00377. The molecule has 0 amide bonds. The van der Waals surface area contributed by atoms with Gasteiger partial charge in [-0.05, 0) is 81.2 Å². The van der Waals surface area contributed by atoms with Crippen molar-refractivity contribution in [3.8, 4) is 5.69 Å². The fraction of sp³-hybridized carbons (Fsp3) is 0.385. The van der Waals surface area contributed by atoms with Crippen molar-refractivity contribution in [3.63, 3.8) is 0 Å². The monoisotopic (exact) mass is 446 g/mol. The van der Waals surface area contributed by atoms with Gasteiger partial charge in [0.1, 0.15) is 0 Å². The van der Waals surface area contributed by atoms with Crippen LogP contribution >= 0.6 is 12.2 Å². The normalized spacial score (nSPS) is 23.0. The van der Waals surface area contributed by atoms with Crippen LogP contribution in [0.3, 0.4) is 0 Å². The number of nitrogens with zero attached hydrogens (tertiary/aromatic N) is 3. The van der Waals surface area contributed by atoms with E-state index in [9.17, 15) is 0 Å². The molecule has 1 aromatic carbocycles. The molecular weight excluding hydrogens is 416 g/mol. The number of thiocarbonyl (C=S) groups is 1. The fourth-order valence-corrected chi connectivity index (χ4v) is 5.54. The predicted molar refractivity (Wildman–Crippen MR) is 131 cm³/mol. The Hall–Kier alpha value is -2.70. The van der Waals surface area contributed by atoms with E-state index in [-0.39, 0.29) is 18.2 Å². The van der Waals surface area contributed by atoms with Crippen molar-refractivity contribution in [2.75, 3.05) is 13.2 Å². The number of pyridine rings is 1. The highest BCUT2D eigenvalue weighted by molar-refractivity contribution is 7.80. The van der Waals surface area contributed by atoms with Crippen LogP contribution in [-0.4, -0.2) is 38.8 Å². The molecule has 2 aliphatic rings. The highest BCUT2D eigenvalue weighted by atomic mass is 32.1. The van der Waals surface area contributed by atoms with Crippen molar-refractivity contribution in [1.82, 2.24) is 19.8 Å². The number of ether oxygens (including phenoxy) is 1. The Kier molecular flexibility index (Phi) is 5.74. The summed E-state index contributed by atoms with van der Waals surface area (Å²) in [7, 11) is 0. The molecule has 5 nitrogen and oxygen atoms in total. The summed E-state index contributed by atoms with van der Waals surface area (Å²) in [5.74, 6) is 0. The molecule has 6 heteroatoms. The summed E-state index contributed by atoms with van der Waals surface area (Å²) in [6, 6.07) is 17.0. The van der Waals surface area contributed by atoms with E-state index < -0.39 is 0 Å². The van der Waals surface area contributed by atoms with E-state index in [4.69, 9.17) is 17.0 Å². The lowest BCUT2D eigenvalue weighted by molar-refractivity contribution is 0.0842. The van der Waals surface area contributed by atoms with E-state index in [1.807, 2.05) is 18.3 Å². The van der Waals surface area contributed by atoms with Gasteiger partial charge in [-0.3, -0.25) is 4.98 Å². The summed E-state index contributed by atoms with van der Waals surface area (Å²) in [5.41, 5.74) is 7.25. The molecule has 2 saturated heterocycles. The Bertz CT molecular complexity index is 1120. The van der Waals surface area contributed by atoms with E-state index >= 15 is 0 Å². The Labute approximate surface area is 195 Å². The highest BCUT2D eigenvalue weighted by Crippen LogP contribution is 2.42. The molecule has 32 heavy (non-hydrogen) atoms. The second-order valence-corrected chi connectivity index (χ2v) is 9.25. The third-order valence-electron chi connectivity index (χ3n) is 6.77. The molecule has 1 N–H and O–H groups in total. The quantitative estimate of drug-likeness (QED) is 0.562. The van der Waals surface area contributed by atoms with Gasteiger partial charge in [0.15, 0.2) is 5.11 Å². The van der Waals surface area contributed by atoms with Crippen molar-refractivity contribution in [2.45, 2.75) is 51.8 Å². The molecule has 0 saturated carbocycles. The zero-order valence-corrected chi connectivity index (χ0v) is 19.7. The zero-order chi connectivity index (χ0) is 22.2. The van der Waals surface area contributed by atoms with Crippen LogP contribution in [0.1, 0.15) is 53.1 Å². The molecule has 2 aromatic heterocycles. The van der Waals surface area contributed by atoms with Gasteiger partial charge in [-0.25, -0.2) is 0 Å². The average molecular weight is 447 g/mol. The Morgan fingerprint density at radius 2 is 1.94 bits per heavy atom. The molecule has 0 aliphatic carbocycles. The molecule has 2 fully saturated rings. The SMILES string of the molecule is Cc1ccccc1-n1c(C)cc(C2C(c3ccccn3)NC(=S)N2CC2CCCO2)c1C. The smallest absolute Gasteiger partial charge is 0.170 e. The molecule has 166 valence electrons. The Morgan fingerprint density at radius 1 is 1.12 bits per heavy atom. The molecule has 3 atom stereocenters. The second-order valence-electron chi connectivity index (χ2n) is 8.86. The van der Waals surface area contributed by atoms with Crippen LogP contribution in [0.4, 0.5) is 0 Å². The number of hydrogen-bond donors (Lipinski definition) is 1. The van der Waals surface area contributed by atoms with Gasteiger partial charge in [0.25, 0.3) is 0 Å². The van der Waals surface area contributed by atoms with Crippen LogP contribution in [0.5, 0.6) is 0 Å². The van der Waals surface area contributed by atoms with E-state index in [1.165, 1.54) is 28.2 Å². The zero-order valence-electron chi connectivity index (χ0n) is 18.9. The van der Waals surface area contributed by atoms with Crippen molar-refractivity contribution < 1.29 is 4.74 Å². The summed E-state index contributed by atoms with van der Waals surface area (Å²) >= 11 is 5.85. The summed E-state index contributed by atoms with van der Waals surface area (Å²) in [6.45, 7) is 8.21. The molecule has 0 bridgehead atoms. The molecule has 0 spiro atoms. The summed E-state index contributed by atoms with van der Waals surface area (Å²) < 4.78 is 8.35. The third-order valence-corrected chi connectivity index (χ3v) is 7.12. The minimum atomic E-state index is -0.00377. The van der Waals surface area contributed by atoms with Crippen LogP contribution in [0.25, 0.3) is 5.69 Å². The first-order valence-corrected chi connectivity index (χ1v) is 11.8. The van der Waals surface area contributed by atoms with Gasteiger partial charge in [-0.15, -0.1) is 0 Å². The molecule has 2 aliphatic heterocycles. The van der Waals surface area contributed by atoms with Crippen LogP contribution < -0.4 is 5.32 Å². The third kappa shape index (κ3) is 3.71. The van der Waals surface area contributed by atoms with Crippen molar-refractivity contribution in [2.24, 2.45) is 0 Å². The number of para-hydroxylation sites is 1. The topological polar surface area (TPSA) is 42.3 Å². The lowest BCUT2D eigenvalue weighted by Gasteiger charge is -2.30. The molecule has 3 aromatic rings. The van der Waals surface area contributed by atoms with Crippen molar-refractivity contribution in [3.05, 3.63) is 82.9 Å². The van der Waals surface area contributed by atoms with Gasteiger partial charge in [-0.1, -0.05) is 24.3 Å². The standard InChI is InChI=1S/C26H30N4OS/c1-17-9-4-5-12-23(17)30-18(2)15-21(19(30)3)25-24(22-11-6-7-13-27-22)28-26(32)29(25)16-20-10-8-14-31-20/h4-7,9,11-13,15,20,24-25H,8,10,14,16H2,1-3H3,(H,28,32). The van der Waals surface area contributed by atoms with Crippen molar-refractivity contribution >= 4 is 17.3 Å². The maximum absolute atomic E-state index is 5.98. The van der Waals surface area contributed by atoms with Gasteiger partial charge in [0.2, 0.25) is 0 Å². The predicted octanol–water partition coefficient (Wildman–Crippen LogP) is 4.95. The molecule has 3 unspecified atom stereocenters. The van der Waals surface area contributed by atoms with E-state index in [0.29, 0.717) is 0 Å². The first kappa shape index (κ1) is 21.2. The highest BCUT2D eigenvalue weighted by Gasteiger charge is 2.42. The lowest BCUT2D eigenvalue weighted by Crippen LogP contribution is -2.36. The molecule has 0 radical (unpaired) electrons. The van der Waals surface area contributed by atoms with Crippen LogP contribution in [-0.2, 0) is 4.74 Å². The number of nitrogens with one attached hydrogen (secondary N) is 1. The summed E-state index contributed by atoms with van der Waals surface area (Å²) in [5, 5.41) is 4.36. The number of hydrogen-bond acceptors (Lipinski definition) is 3. The van der Waals surface area contributed by atoms with Crippen LogP contribution in [0, 0.1) is 20.8 Å². The van der Waals surface area contributed by atoms with Crippen molar-refractivity contribution in [1.29, 1.82) is 0 Å². The van der Waals surface area contributed by atoms with E-state index in [1.54, 1.807) is 0 Å². The molecule has 4 heterocycles.